The maximum absolute atomic E-state index is 13.8. The summed E-state index contributed by atoms with van der Waals surface area (Å²) in [5.41, 5.74) is 1.15. The lowest BCUT2D eigenvalue weighted by atomic mass is 10.2. The Kier molecular flexibility index (Phi) is 9.04. The average Bonchev–Trinajstić information content (AvgIpc) is 3.57. The first kappa shape index (κ1) is 28.7. The summed E-state index contributed by atoms with van der Waals surface area (Å²) in [6, 6.07) is 13.6. The molecule has 208 valence electrons. The Labute approximate surface area is 234 Å². The number of nitrogens with zero attached hydrogens (tertiary/aromatic N) is 5. The molecule has 0 bridgehead atoms. The number of benzene rings is 2. The zero-order valence-corrected chi connectivity index (χ0v) is 24.6. The number of fused-ring (bicyclic) bond motifs is 1. The third-order valence-corrected chi connectivity index (χ3v) is 8.94. The van der Waals surface area contributed by atoms with Gasteiger partial charge in [0.25, 0.3) is 5.91 Å². The summed E-state index contributed by atoms with van der Waals surface area (Å²) in [5.74, 6) is 0.833. The van der Waals surface area contributed by atoms with Crippen molar-refractivity contribution < 1.29 is 17.9 Å². The zero-order chi connectivity index (χ0) is 28.2. The summed E-state index contributed by atoms with van der Waals surface area (Å²) >= 11 is 1.40. The van der Waals surface area contributed by atoms with Crippen LogP contribution in [0.1, 0.15) is 38.1 Å². The lowest BCUT2D eigenvalue weighted by molar-refractivity contribution is 0.0985. The highest BCUT2D eigenvalue weighted by Gasteiger charge is 2.27. The third-order valence-electron chi connectivity index (χ3n) is 6.05. The number of hydrogen-bond acceptors (Lipinski definition) is 7. The zero-order valence-electron chi connectivity index (χ0n) is 22.9. The summed E-state index contributed by atoms with van der Waals surface area (Å²) < 4.78 is 36.4. The van der Waals surface area contributed by atoms with Crippen LogP contribution in [0.2, 0.25) is 0 Å². The Bertz CT molecular complexity index is 1490. The topological polar surface area (TPSA) is 97.6 Å². The van der Waals surface area contributed by atoms with Gasteiger partial charge in [-0.2, -0.15) is 9.40 Å². The van der Waals surface area contributed by atoms with Crippen LogP contribution in [0, 0.1) is 11.8 Å². The van der Waals surface area contributed by atoms with Crippen LogP contribution in [-0.4, -0.2) is 60.1 Å². The summed E-state index contributed by atoms with van der Waals surface area (Å²) in [6.07, 6.45) is 3.53. The molecular weight excluding hydrogens is 534 g/mol. The summed E-state index contributed by atoms with van der Waals surface area (Å²) in [4.78, 5) is 20.3. The first-order chi connectivity index (χ1) is 18.6. The fraction of sp³-hybridized carbons (Fsp3) is 0.393. The van der Waals surface area contributed by atoms with Crippen LogP contribution in [0.4, 0.5) is 5.13 Å². The van der Waals surface area contributed by atoms with E-state index in [4.69, 9.17) is 9.72 Å². The Hall–Kier alpha value is -3.28. The van der Waals surface area contributed by atoms with E-state index in [9.17, 15) is 13.2 Å². The molecule has 4 aromatic rings. The van der Waals surface area contributed by atoms with Crippen molar-refractivity contribution in [2.45, 2.75) is 39.1 Å². The van der Waals surface area contributed by atoms with E-state index in [1.54, 1.807) is 35.0 Å². The number of rotatable bonds is 12. The standard InChI is InChI=1S/C28H35N5O4S2/c1-20(2)18-32(19-21(3)4)39(35,36)24-10-7-22(8-11-24)27(34)33(16-15-31-14-6-13-29-31)28-30-25-12-9-23(37-5)17-26(25)38-28/h6-14,17,20-21H,15-16,18-19H2,1-5H3. The van der Waals surface area contributed by atoms with Gasteiger partial charge in [0, 0.05) is 37.6 Å². The molecule has 0 saturated heterocycles. The molecule has 0 spiro atoms. The molecule has 0 aliphatic rings. The Morgan fingerprint density at radius 3 is 2.33 bits per heavy atom. The number of sulfonamides is 1. The quantitative estimate of drug-likeness (QED) is 0.234. The number of ether oxygens (including phenoxy) is 1. The molecule has 2 aromatic heterocycles. The lowest BCUT2D eigenvalue weighted by Crippen LogP contribution is -2.37. The molecule has 9 nitrogen and oxygen atoms in total. The van der Waals surface area contributed by atoms with Gasteiger partial charge >= 0.3 is 0 Å². The van der Waals surface area contributed by atoms with Gasteiger partial charge in [-0.05, 0) is 60.4 Å². The molecule has 39 heavy (non-hydrogen) atoms. The van der Waals surface area contributed by atoms with Gasteiger partial charge in [0.15, 0.2) is 5.13 Å². The number of thiazole rings is 1. The number of hydrogen-bond donors (Lipinski definition) is 0. The largest absolute Gasteiger partial charge is 0.497 e. The highest BCUT2D eigenvalue weighted by Crippen LogP contribution is 2.32. The van der Waals surface area contributed by atoms with Gasteiger partial charge in [0.05, 0.1) is 28.8 Å². The van der Waals surface area contributed by atoms with Gasteiger partial charge in [-0.1, -0.05) is 39.0 Å². The normalized spacial score (nSPS) is 12.1. The first-order valence-electron chi connectivity index (χ1n) is 12.9. The second-order valence-electron chi connectivity index (χ2n) is 10.2. The SMILES string of the molecule is COc1ccc2nc(N(CCn3cccn3)C(=O)c3ccc(S(=O)(=O)N(CC(C)C)CC(C)C)cc3)sc2c1. The van der Waals surface area contributed by atoms with Crippen LogP contribution in [0.5, 0.6) is 5.75 Å². The molecule has 2 heterocycles. The molecule has 0 aliphatic heterocycles. The minimum absolute atomic E-state index is 0.176. The first-order valence-corrected chi connectivity index (χ1v) is 15.2. The number of methoxy groups -OCH3 is 1. The number of anilines is 1. The minimum atomic E-state index is -3.70. The number of aromatic nitrogens is 3. The van der Waals surface area contributed by atoms with Crippen LogP contribution < -0.4 is 9.64 Å². The highest BCUT2D eigenvalue weighted by atomic mass is 32.2. The van der Waals surface area contributed by atoms with Gasteiger partial charge < -0.3 is 4.74 Å². The minimum Gasteiger partial charge on any atom is -0.497 e. The van der Waals surface area contributed by atoms with E-state index in [2.05, 4.69) is 5.10 Å². The molecule has 2 aromatic carbocycles. The van der Waals surface area contributed by atoms with Crippen molar-refractivity contribution in [3.8, 4) is 5.75 Å². The second-order valence-corrected chi connectivity index (χ2v) is 13.1. The monoisotopic (exact) mass is 569 g/mol. The third kappa shape index (κ3) is 6.84. The van der Waals surface area contributed by atoms with Crippen LogP contribution in [0.15, 0.2) is 65.8 Å². The second kappa shape index (κ2) is 12.3. The number of carbonyl (C=O) groups excluding carboxylic acids is 1. The van der Waals surface area contributed by atoms with Crippen molar-refractivity contribution in [2.75, 3.05) is 31.6 Å². The highest BCUT2D eigenvalue weighted by molar-refractivity contribution is 7.89. The molecule has 0 aliphatic carbocycles. The Morgan fingerprint density at radius 2 is 1.74 bits per heavy atom. The number of amides is 1. The molecule has 0 atom stereocenters. The smallest absolute Gasteiger partial charge is 0.260 e. The predicted octanol–water partition coefficient (Wildman–Crippen LogP) is 5.15. The Balaban J connectivity index is 1.63. The maximum atomic E-state index is 13.8. The molecule has 0 N–H and O–H groups in total. The van der Waals surface area contributed by atoms with Crippen molar-refractivity contribution in [2.24, 2.45) is 11.8 Å². The van der Waals surface area contributed by atoms with E-state index < -0.39 is 10.0 Å². The molecule has 4 rings (SSSR count). The molecule has 0 unspecified atom stereocenters. The predicted molar refractivity (Wildman–Crippen MR) is 155 cm³/mol. The molecule has 0 saturated carbocycles. The van der Waals surface area contributed by atoms with Crippen LogP contribution in [-0.2, 0) is 16.6 Å². The van der Waals surface area contributed by atoms with Crippen LogP contribution in [0.3, 0.4) is 0 Å². The van der Waals surface area contributed by atoms with Crippen molar-refractivity contribution >= 4 is 42.6 Å². The van der Waals surface area contributed by atoms with E-state index in [0.717, 1.165) is 10.2 Å². The molecular formula is C28H35N5O4S2. The van der Waals surface area contributed by atoms with Crippen LogP contribution >= 0.6 is 11.3 Å². The summed E-state index contributed by atoms with van der Waals surface area (Å²) in [6.45, 7) is 9.69. The van der Waals surface area contributed by atoms with Crippen molar-refractivity contribution in [1.29, 1.82) is 0 Å². The summed E-state index contributed by atoms with van der Waals surface area (Å²) in [5, 5.41) is 4.80. The van der Waals surface area contributed by atoms with E-state index >= 15 is 0 Å². The van der Waals surface area contributed by atoms with Crippen molar-refractivity contribution in [3.05, 3.63) is 66.5 Å². The van der Waals surface area contributed by atoms with E-state index in [1.165, 1.54) is 27.8 Å². The summed E-state index contributed by atoms with van der Waals surface area (Å²) in [7, 11) is -2.09. The fourth-order valence-electron chi connectivity index (χ4n) is 4.21. The van der Waals surface area contributed by atoms with Crippen molar-refractivity contribution in [1.82, 2.24) is 19.1 Å². The van der Waals surface area contributed by atoms with Crippen molar-refractivity contribution in [3.63, 3.8) is 0 Å². The lowest BCUT2D eigenvalue weighted by Gasteiger charge is -2.26. The van der Waals surface area contributed by atoms with Gasteiger partial charge in [0.2, 0.25) is 10.0 Å². The molecule has 0 radical (unpaired) electrons. The maximum Gasteiger partial charge on any atom is 0.260 e. The van der Waals surface area contributed by atoms with Gasteiger partial charge in [-0.3, -0.25) is 14.4 Å². The molecule has 1 amide bonds. The van der Waals surface area contributed by atoms with E-state index in [-0.39, 0.29) is 22.6 Å². The van der Waals surface area contributed by atoms with E-state index in [0.29, 0.717) is 42.6 Å². The Morgan fingerprint density at radius 1 is 1.05 bits per heavy atom. The van der Waals surface area contributed by atoms with Gasteiger partial charge in [0.1, 0.15) is 5.75 Å². The molecule has 11 heteroatoms. The van der Waals surface area contributed by atoms with Crippen LogP contribution in [0.25, 0.3) is 10.2 Å². The molecule has 0 fully saturated rings. The fourth-order valence-corrected chi connectivity index (χ4v) is 7.00. The van der Waals surface area contributed by atoms with E-state index in [1.807, 2.05) is 58.2 Å². The number of carbonyl (C=O) groups is 1. The van der Waals surface area contributed by atoms with Gasteiger partial charge in [-0.15, -0.1) is 0 Å². The van der Waals surface area contributed by atoms with Gasteiger partial charge in [-0.25, -0.2) is 13.4 Å². The average molecular weight is 570 g/mol.